The first-order valence-electron chi connectivity index (χ1n) is 10.0. The van der Waals surface area contributed by atoms with Gasteiger partial charge in [-0.05, 0) is 64.4 Å². The van der Waals surface area contributed by atoms with Crippen molar-refractivity contribution in [3.63, 3.8) is 0 Å². The topological polar surface area (TPSA) is 81.4 Å². The van der Waals surface area contributed by atoms with Crippen LogP contribution in [0.1, 0.15) is 52.0 Å². The van der Waals surface area contributed by atoms with E-state index in [1.54, 1.807) is 0 Å². The van der Waals surface area contributed by atoms with Crippen molar-refractivity contribution in [3.05, 3.63) is 35.9 Å². The molecule has 5 nitrogen and oxygen atoms in total. The first-order valence-corrected chi connectivity index (χ1v) is 11.2. The molecule has 3 N–H and O–H groups in total. The highest BCUT2D eigenvalue weighted by Gasteiger charge is 2.45. The lowest BCUT2D eigenvalue weighted by Crippen LogP contribution is -2.54. The summed E-state index contributed by atoms with van der Waals surface area (Å²) in [6.45, 7) is 6.10. The number of fused-ring (bicyclic) bond motifs is 2. The second kappa shape index (κ2) is 8.52. The third-order valence-corrected chi connectivity index (χ3v) is 7.54. The average Bonchev–Trinajstić information content (AvgIpc) is 2.90. The van der Waals surface area contributed by atoms with Gasteiger partial charge in [0.15, 0.2) is 0 Å². The molecule has 2 fully saturated rings. The van der Waals surface area contributed by atoms with Crippen molar-refractivity contribution < 1.29 is 9.35 Å². The van der Waals surface area contributed by atoms with Crippen LogP contribution in [0, 0.1) is 5.92 Å². The Morgan fingerprint density at radius 3 is 2.37 bits per heavy atom. The van der Waals surface area contributed by atoms with Crippen LogP contribution in [0.25, 0.3) is 0 Å². The van der Waals surface area contributed by atoms with Crippen molar-refractivity contribution in [3.8, 4) is 0 Å². The van der Waals surface area contributed by atoms with Crippen LogP contribution in [-0.2, 0) is 22.6 Å². The Kier molecular flexibility index (Phi) is 6.51. The molecule has 0 saturated carbocycles. The number of nitrogens with zero attached hydrogens (tertiary/aromatic N) is 1. The molecule has 2 saturated heterocycles. The quantitative estimate of drug-likeness (QED) is 0.730. The lowest BCUT2D eigenvalue weighted by Gasteiger charge is -2.42. The number of nitrogens with two attached hydrogens (primary N) is 1. The summed E-state index contributed by atoms with van der Waals surface area (Å²) in [5.74, 6) is 0.489. The monoisotopic (exact) mass is 391 g/mol. The first kappa shape index (κ1) is 20.6. The van der Waals surface area contributed by atoms with Gasteiger partial charge < -0.3 is 15.2 Å². The second-order valence-electron chi connectivity index (χ2n) is 8.92. The van der Waals surface area contributed by atoms with Crippen molar-refractivity contribution in [1.29, 1.82) is 0 Å². The smallest absolute Gasteiger partial charge is 0.236 e. The van der Waals surface area contributed by atoms with Gasteiger partial charge in [0.25, 0.3) is 0 Å². The molecule has 150 valence electrons. The fourth-order valence-corrected chi connectivity index (χ4v) is 5.45. The van der Waals surface area contributed by atoms with E-state index in [1.165, 1.54) is 5.56 Å². The summed E-state index contributed by atoms with van der Waals surface area (Å²) in [6.07, 6.45) is 4.92. The van der Waals surface area contributed by atoms with E-state index in [-0.39, 0.29) is 35.3 Å². The normalized spacial score (nSPS) is 27.4. The van der Waals surface area contributed by atoms with Crippen LogP contribution in [0.2, 0.25) is 0 Å². The summed E-state index contributed by atoms with van der Waals surface area (Å²) in [7, 11) is 0. The van der Waals surface area contributed by atoms with Crippen LogP contribution < -0.4 is 10.5 Å². The second-order valence-corrected chi connectivity index (χ2v) is 10.9. The molecule has 1 amide bonds. The Labute approximate surface area is 166 Å². The standard InChI is InChI=1S/C21H33N3O2S/c1-21(2,3)27(26)23-19(11-15-7-5-4-6-8-15)16-12-17-9-10-18(13-16)24(17)20(25)14-22/h4-8,16-19,23H,9-14,22H2,1-3H3/t16?,17-,18+,19-,27?/m0/s1. The molecule has 2 aliphatic heterocycles. The van der Waals surface area contributed by atoms with E-state index in [2.05, 4.69) is 29.0 Å². The van der Waals surface area contributed by atoms with E-state index in [0.717, 1.165) is 32.1 Å². The van der Waals surface area contributed by atoms with Gasteiger partial charge in [-0.2, -0.15) is 0 Å². The van der Waals surface area contributed by atoms with E-state index < -0.39 is 11.4 Å². The van der Waals surface area contributed by atoms with Crippen molar-refractivity contribution in [1.82, 2.24) is 9.62 Å². The number of hydrogen-bond acceptors (Lipinski definition) is 4. The third-order valence-electron chi connectivity index (χ3n) is 5.91. The number of nitrogens with one attached hydrogen (secondary N) is 1. The molecule has 0 aromatic heterocycles. The van der Waals surface area contributed by atoms with Gasteiger partial charge in [-0.3, -0.25) is 4.79 Å². The molecule has 1 aromatic rings. The van der Waals surface area contributed by atoms with Gasteiger partial charge >= 0.3 is 0 Å². The summed E-state index contributed by atoms with van der Waals surface area (Å²) in [5, 5.41) is 0. The Morgan fingerprint density at radius 2 is 1.85 bits per heavy atom. The Hall–Kier alpha value is -1.08. The first-order chi connectivity index (χ1) is 12.8. The van der Waals surface area contributed by atoms with Crippen LogP contribution >= 0.6 is 0 Å². The molecule has 6 heteroatoms. The van der Waals surface area contributed by atoms with Gasteiger partial charge in [-0.15, -0.1) is 4.72 Å². The minimum absolute atomic E-state index is 0.0757. The molecule has 0 aliphatic carbocycles. The zero-order chi connectivity index (χ0) is 19.6. The number of amides is 1. The van der Waals surface area contributed by atoms with E-state index in [4.69, 9.17) is 5.73 Å². The van der Waals surface area contributed by atoms with E-state index in [0.29, 0.717) is 5.92 Å². The van der Waals surface area contributed by atoms with Crippen LogP contribution in [0.4, 0.5) is 0 Å². The SMILES string of the molecule is CC(C)(C)[S+]([O-])N[C@@H](Cc1ccccc1)C1C[C@H]2CC[C@@H](C1)N2C(=O)CN. The number of rotatable bonds is 6. The lowest BCUT2D eigenvalue weighted by atomic mass is 9.82. The van der Waals surface area contributed by atoms with Crippen LogP contribution in [-0.4, -0.2) is 44.8 Å². The number of piperidine rings is 1. The largest absolute Gasteiger partial charge is 0.598 e. The maximum absolute atomic E-state index is 12.8. The maximum atomic E-state index is 12.8. The highest BCUT2D eigenvalue weighted by Crippen LogP contribution is 2.40. The fourth-order valence-electron chi connectivity index (χ4n) is 4.55. The number of carbonyl (C=O) groups excluding carboxylic acids is 1. The van der Waals surface area contributed by atoms with E-state index in [1.807, 2.05) is 31.7 Å². The fraction of sp³-hybridized carbons (Fsp3) is 0.667. The summed E-state index contributed by atoms with van der Waals surface area (Å²) in [5.41, 5.74) is 6.88. The van der Waals surface area contributed by atoms with E-state index in [9.17, 15) is 9.35 Å². The van der Waals surface area contributed by atoms with Gasteiger partial charge in [0, 0.05) is 23.4 Å². The van der Waals surface area contributed by atoms with Crippen molar-refractivity contribution >= 4 is 17.3 Å². The third kappa shape index (κ3) is 4.86. The van der Waals surface area contributed by atoms with Crippen molar-refractivity contribution in [2.45, 2.75) is 75.7 Å². The van der Waals surface area contributed by atoms with E-state index >= 15 is 0 Å². The van der Waals surface area contributed by atoms with Crippen LogP contribution in [0.5, 0.6) is 0 Å². The Morgan fingerprint density at radius 1 is 1.26 bits per heavy atom. The molecule has 1 aromatic carbocycles. The predicted molar refractivity (Wildman–Crippen MR) is 110 cm³/mol. The lowest BCUT2D eigenvalue weighted by molar-refractivity contribution is -0.135. The van der Waals surface area contributed by atoms with Crippen LogP contribution in [0.3, 0.4) is 0 Å². The molecule has 2 bridgehead atoms. The van der Waals surface area contributed by atoms with Gasteiger partial charge in [0.05, 0.1) is 12.6 Å². The summed E-state index contributed by atoms with van der Waals surface area (Å²) < 4.78 is 16.0. The van der Waals surface area contributed by atoms with Gasteiger partial charge in [-0.25, -0.2) is 0 Å². The highest BCUT2D eigenvalue weighted by molar-refractivity contribution is 7.90. The number of benzene rings is 1. The van der Waals surface area contributed by atoms with Crippen molar-refractivity contribution in [2.75, 3.05) is 6.54 Å². The van der Waals surface area contributed by atoms with Crippen molar-refractivity contribution in [2.24, 2.45) is 11.7 Å². The summed E-state index contributed by atoms with van der Waals surface area (Å²) in [4.78, 5) is 14.3. The Balaban J connectivity index is 1.76. The molecule has 0 radical (unpaired) electrons. The van der Waals surface area contributed by atoms with Gasteiger partial charge in [0.1, 0.15) is 4.75 Å². The molecule has 2 unspecified atom stereocenters. The molecule has 3 rings (SSSR count). The molecule has 5 atom stereocenters. The molecular formula is C21H33N3O2S. The minimum atomic E-state index is -1.11. The minimum Gasteiger partial charge on any atom is -0.598 e. The maximum Gasteiger partial charge on any atom is 0.236 e. The zero-order valence-electron chi connectivity index (χ0n) is 16.7. The average molecular weight is 392 g/mol. The van der Waals surface area contributed by atoms with Gasteiger partial charge in [0.2, 0.25) is 5.91 Å². The highest BCUT2D eigenvalue weighted by atomic mass is 32.2. The van der Waals surface area contributed by atoms with Crippen LogP contribution in [0.15, 0.2) is 30.3 Å². The summed E-state index contributed by atoms with van der Waals surface area (Å²) >= 11 is -1.11. The van der Waals surface area contributed by atoms with Gasteiger partial charge in [-0.1, -0.05) is 30.3 Å². The molecule has 2 aliphatic rings. The number of hydrogen-bond donors (Lipinski definition) is 2. The molecule has 0 spiro atoms. The number of carbonyl (C=O) groups is 1. The molecule has 2 heterocycles. The molecule has 27 heavy (non-hydrogen) atoms. The summed E-state index contributed by atoms with van der Waals surface area (Å²) in [6, 6.07) is 11.1. The zero-order valence-corrected chi connectivity index (χ0v) is 17.5. The Bertz CT molecular complexity index is 620. The molecular weight excluding hydrogens is 358 g/mol. The predicted octanol–water partition coefficient (Wildman–Crippen LogP) is 2.38.